The van der Waals surface area contributed by atoms with Crippen molar-refractivity contribution in [1.82, 2.24) is 0 Å². The molecule has 0 radical (unpaired) electrons. The van der Waals surface area contributed by atoms with E-state index in [2.05, 4.69) is 10.3 Å². The van der Waals surface area contributed by atoms with Crippen LogP contribution in [0.1, 0.15) is 12.0 Å². The lowest BCUT2D eigenvalue weighted by atomic mass is 10.2. The third-order valence-electron chi connectivity index (χ3n) is 3.34. The van der Waals surface area contributed by atoms with Gasteiger partial charge in [-0.3, -0.25) is 0 Å². The van der Waals surface area contributed by atoms with E-state index in [1.807, 2.05) is 18.2 Å². The molecule has 0 amide bonds. The maximum atomic E-state index is 13.1. The number of nitrogens with one attached hydrogen (secondary N) is 1. The SMILES string of the molecule is I.NC(=NCc1cccc(F)c1)Nc1ccc2c(c1)OCCCO2. The molecule has 0 fully saturated rings. The summed E-state index contributed by atoms with van der Waals surface area (Å²) in [5.74, 6) is 1.38. The lowest BCUT2D eigenvalue weighted by Crippen LogP contribution is -2.22. The van der Waals surface area contributed by atoms with Gasteiger partial charge in [0.25, 0.3) is 0 Å². The van der Waals surface area contributed by atoms with Gasteiger partial charge in [0.1, 0.15) is 5.82 Å². The number of guanidine groups is 1. The highest BCUT2D eigenvalue weighted by atomic mass is 127. The Morgan fingerprint density at radius 3 is 2.71 bits per heavy atom. The number of hydrogen-bond acceptors (Lipinski definition) is 3. The van der Waals surface area contributed by atoms with Gasteiger partial charge in [0.2, 0.25) is 0 Å². The molecule has 1 aliphatic heterocycles. The molecule has 7 heteroatoms. The Bertz CT molecular complexity index is 725. The fourth-order valence-electron chi connectivity index (χ4n) is 2.24. The standard InChI is InChI=1S/C17H18FN3O2.HI/c18-13-4-1-3-12(9-13)11-20-17(19)21-14-5-6-15-16(10-14)23-8-2-7-22-15;/h1,3-6,9-10H,2,7-8,11H2,(H3,19,20,21);1H. The van der Waals surface area contributed by atoms with E-state index in [4.69, 9.17) is 15.2 Å². The normalized spacial score (nSPS) is 13.6. The van der Waals surface area contributed by atoms with E-state index >= 15 is 0 Å². The second kappa shape index (κ2) is 8.72. The number of ether oxygens (including phenoxy) is 2. The number of halogens is 2. The van der Waals surface area contributed by atoms with Crippen LogP contribution in [0.3, 0.4) is 0 Å². The van der Waals surface area contributed by atoms with Crippen LogP contribution in [0.5, 0.6) is 11.5 Å². The van der Waals surface area contributed by atoms with Crippen molar-refractivity contribution in [1.29, 1.82) is 0 Å². The maximum absolute atomic E-state index is 13.1. The Morgan fingerprint density at radius 2 is 1.92 bits per heavy atom. The average Bonchev–Trinajstić information content (AvgIpc) is 2.78. The van der Waals surface area contributed by atoms with Crippen LogP contribution < -0.4 is 20.5 Å². The molecule has 0 aliphatic carbocycles. The first-order valence-corrected chi connectivity index (χ1v) is 7.42. The number of aliphatic imine (C=N–C) groups is 1. The van der Waals surface area contributed by atoms with E-state index < -0.39 is 0 Å². The molecule has 0 saturated carbocycles. The van der Waals surface area contributed by atoms with Gasteiger partial charge in [-0.2, -0.15) is 0 Å². The van der Waals surface area contributed by atoms with Crippen LogP contribution in [0.25, 0.3) is 0 Å². The molecular weight excluding hydrogens is 424 g/mol. The molecule has 2 aromatic carbocycles. The van der Waals surface area contributed by atoms with Crippen LogP contribution in [0, 0.1) is 5.82 Å². The Labute approximate surface area is 157 Å². The van der Waals surface area contributed by atoms with Crippen molar-refractivity contribution in [2.24, 2.45) is 10.7 Å². The summed E-state index contributed by atoms with van der Waals surface area (Å²) in [5.41, 5.74) is 7.39. The van der Waals surface area contributed by atoms with E-state index in [-0.39, 0.29) is 35.8 Å². The van der Waals surface area contributed by atoms with E-state index in [1.165, 1.54) is 12.1 Å². The fourth-order valence-corrected chi connectivity index (χ4v) is 2.24. The number of nitrogens with two attached hydrogens (primary N) is 1. The van der Waals surface area contributed by atoms with Crippen molar-refractivity contribution in [2.45, 2.75) is 13.0 Å². The zero-order valence-corrected chi connectivity index (χ0v) is 15.3. The molecule has 0 atom stereocenters. The first-order chi connectivity index (χ1) is 11.2. The topological polar surface area (TPSA) is 68.9 Å². The average molecular weight is 443 g/mol. The van der Waals surface area contributed by atoms with E-state index in [1.54, 1.807) is 12.1 Å². The number of rotatable bonds is 3. The molecule has 3 rings (SSSR count). The fraction of sp³-hybridized carbons (Fsp3) is 0.235. The predicted octanol–water partition coefficient (Wildman–Crippen LogP) is 3.53. The van der Waals surface area contributed by atoms with Gasteiger partial charge in [0.15, 0.2) is 17.5 Å². The molecule has 1 heterocycles. The second-order valence-corrected chi connectivity index (χ2v) is 5.17. The van der Waals surface area contributed by atoms with Gasteiger partial charge in [-0.1, -0.05) is 12.1 Å². The molecule has 3 N–H and O–H groups in total. The summed E-state index contributed by atoms with van der Waals surface area (Å²) in [7, 11) is 0. The summed E-state index contributed by atoms with van der Waals surface area (Å²) in [6.45, 7) is 1.58. The summed E-state index contributed by atoms with van der Waals surface area (Å²) >= 11 is 0. The smallest absolute Gasteiger partial charge is 0.193 e. The summed E-state index contributed by atoms with van der Waals surface area (Å²) in [5, 5.41) is 3.00. The van der Waals surface area contributed by atoms with Gasteiger partial charge in [0.05, 0.1) is 19.8 Å². The Kier molecular flexibility index (Phi) is 6.65. The molecule has 2 aromatic rings. The lowest BCUT2D eigenvalue weighted by Gasteiger charge is -2.10. The molecule has 0 aromatic heterocycles. The number of anilines is 1. The molecule has 0 unspecified atom stereocenters. The second-order valence-electron chi connectivity index (χ2n) is 5.17. The molecular formula is C17H19FIN3O2. The van der Waals surface area contributed by atoms with E-state index in [9.17, 15) is 4.39 Å². The summed E-state index contributed by atoms with van der Waals surface area (Å²) in [6, 6.07) is 11.8. The largest absolute Gasteiger partial charge is 0.490 e. The van der Waals surface area contributed by atoms with Crippen molar-refractivity contribution in [2.75, 3.05) is 18.5 Å². The number of fused-ring (bicyclic) bond motifs is 1. The zero-order valence-electron chi connectivity index (χ0n) is 13.0. The molecule has 1 aliphatic rings. The zero-order chi connectivity index (χ0) is 16.1. The maximum Gasteiger partial charge on any atom is 0.193 e. The van der Waals surface area contributed by atoms with E-state index in [0.717, 1.165) is 23.4 Å². The van der Waals surface area contributed by atoms with Crippen molar-refractivity contribution < 1.29 is 13.9 Å². The van der Waals surface area contributed by atoms with Crippen molar-refractivity contribution >= 4 is 35.6 Å². The van der Waals surface area contributed by atoms with Crippen LogP contribution in [0.4, 0.5) is 10.1 Å². The molecule has 0 saturated heterocycles. The lowest BCUT2D eigenvalue weighted by molar-refractivity contribution is 0.297. The molecule has 5 nitrogen and oxygen atoms in total. The quantitative estimate of drug-likeness (QED) is 0.433. The summed E-state index contributed by atoms with van der Waals surface area (Å²) < 4.78 is 24.3. The number of benzene rings is 2. The molecule has 24 heavy (non-hydrogen) atoms. The predicted molar refractivity (Wildman–Crippen MR) is 103 cm³/mol. The minimum Gasteiger partial charge on any atom is -0.490 e. The van der Waals surface area contributed by atoms with Crippen molar-refractivity contribution in [3.05, 3.63) is 53.8 Å². The molecule has 0 bridgehead atoms. The van der Waals surface area contributed by atoms with Crippen molar-refractivity contribution in [3.8, 4) is 11.5 Å². The van der Waals surface area contributed by atoms with Gasteiger partial charge in [-0.05, 0) is 29.8 Å². The van der Waals surface area contributed by atoms with Gasteiger partial charge in [-0.25, -0.2) is 9.38 Å². The van der Waals surface area contributed by atoms with Crippen LogP contribution in [0.2, 0.25) is 0 Å². The minimum absolute atomic E-state index is 0. The highest BCUT2D eigenvalue weighted by molar-refractivity contribution is 14.0. The Morgan fingerprint density at radius 1 is 1.12 bits per heavy atom. The number of hydrogen-bond donors (Lipinski definition) is 2. The highest BCUT2D eigenvalue weighted by Crippen LogP contribution is 2.32. The van der Waals surface area contributed by atoms with Crippen LogP contribution >= 0.6 is 24.0 Å². The van der Waals surface area contributed by atoms with Gasteiger partial charge in [-0.15, -0.1) is 24.0 Å². The van der Waals surface area contributed by atoms with Crippen LogP contribution in [0.15, 0.2) is 47.5 Å². The van der Waals surface area contributed by atoms with Gasteiger partial charge < -0.3 is 20.5 Å². The number of nitrogens with zero attached hydrogens (tertiary/aromatic N) is 1. The van der Waals surface area contributed by atoms with Gasteiger partial charge >= 0.3 is 0 Å². The third kappa shape index (κ3) is 4.98. The molecule has 128 valence electrons. The first-order valence-electron chi connectivity index (χ1n) is 7.42. The summed E-state index contributed by atoms with van der Waals surface area (Å²) in [4.78, 5) is 4.21. The third-order valence-corrected chi connectivity index (χ3v) is 3.34. The Balaban J connectivity index is 0.00000208. The van der Waals surface area contributed by atoms with Crippen LogP contribution in [-0.4, -0.2) is 19.2 Å². The summed E-state index contributed by atoms with van der Waals surface area (Å²) in [6.07, 6.45) is 0.856. The Hall–Kier alpha value is -2.03. The van der Waals surface area contributed by atoms with E-state index in [0.29, 0.717) is 25.5 Å². The van der Waals surface area contributed by atoms with Gasteiger partial charge in [0, 0.05) is 18.2 Å². The highest BCUT2D eigenvalue weighted by Gasteiger charge is 2.10. The molecule has 0 spiro atoms. The first kappa shape index (κ1) is 18.3. The van der Waals surface area contributed by atoms with Crippen LogP contribution in [-0.2, 0) is 6.54 Å². The van der Waals surface area contributed by atoms with Crippen molar-refractivity contribution in [3.63, 3.8) is 0 Å². The monoisotopic (exact) mass is 443 g/mol. The minimum atomic E-state index is -0.285.